The first-order valence-electron chi connectivity index (χ1n) is 10.3. The Hall–Kier alpha value is -3.98. The number of methoxy groups -OCH3 is 1. The molecule has 1 aromatic heterocycles. The molecule has 0 fully saturated rings. The fraction of sp³-hybridized carbons (Fsp3) is 0.250. The molecule has 1 unspecified atom stereocenters. The minimum atomic E-state index is -1.29. The minimum Gasteiger partial charge on any atom is -0.467 e. The third-order valence-electron chi connectivity index (χ3n) is 4.95. The van der Waals surface area contributed by atoms with Crippen molar-refractivity contribution in [3.63, 3.8) is 0 Å². The Morgan fingerprint density at radius 3 is 2.30 bits per heavy atom. The number of nitrogens with zero attached hydrogens (tertiary/aromatic N) is 1. The van der Waals surface area contributed by atoms with Crippen molar-refractivity contribution in [3.8, 4) is 11.3 Å². The zero-order chi connectivity index (χ0) is 24.0. The van der Waals surface area contributed by atoms with Crippen LogP contribution in [0.4, 0.5) is 5.69 Å². The van der Waals surface area contributed by atoms with E-state index in [1.54, 1.807) is 68.4 Å². The molecule has 0 saturated heterocycles. The zero-order valence-corrected chi connectivity index (χ0v) is 18.4. The van der Waals surface area contributed by atoms with Crippen molar-refractivity contribution in [2.45, 2.75) is 26.0 Å². The summed E-state index contributed by atoms with van der Waals surface area (Å²) in [4.78, 5) is 36.6. The summed E-state index contributed by atoms with van der Waals surface area (Å²) in [6.45, 7) is 3.57. The smallest absolute Gasteiger partial charge is 0.328 e. The molecule has 0 aliphatic heterocycles. The summed E-state index contributed by atoms with van der Waals surface area (Å²) >= 11 is 0. The van der Waals surface area contributed by atoms with Crippen LogP contribution in [0.3, 0.4) is 0 Å². The summed E-state index contributed by atoms with van der Waals surface area (Å²) in [7, 11) is 1.25. The van der Waals surface area contributed by atoms with Gasteiger partial charge in [0.25, 0.3) is 11.8 Å². The SMILES string of the molecule is COC(=O)C(NC(=O)c1cc(-c2ccc(NC(=O)[C@H](O)c3ccccc3)cc2)no1)C(C)C. The summed E-state index contributed by atoms with van der Waals surface area (Å²) in [5.41, 5.74) is 2.03. The predicted molar refractivity (Wildman–Crippen MR) is 120 cm³/mol. The monoisotopic (exact) mass is 451 g/mol. The van der Waals surface area contributed by atoms with Crippen LogP contribution in [0.5, 0.6) is 0 Å². The number of benzene rings is 2. The highest BCUT2D eigenvalue weighted by Crippen LogP contribution is 2.23. The van der Waals surface area contributed by atoms with Gasteiger partial charge in [-0.25, -0.2) is 4.79 Å². The Balaban J connectivity index is 1.65. The average molecular weight is 451 g/mol. The summed E-state index contributed by atoms with van der Waals surface area (Å²) < 4.78 is 9.85. The van der Waals surface area contributed by atoms with Crippen LogP contribution in [0.25, 0.3) is 11.3 Å². The van der Waals surface area contributed by atoms with Crippen molar-refractivity contribution in [1.82, 2.24) is 10.5 Å². The molecule has 1 heterocycles. The molecule has 0 spiro atoms. The fourth-order valence-electron chi connectivity index (χ4n) is 3.08. The van der Waals surface area contributed by atoms with Crippen LogP contribution in [0.15, 0.2) is 65.2 Å². The van der Waals surface area contributed by atoms with E-state index in [1.807, 2.05) is 0 Å². The molecule has 9 heteroatoms. The Labute approximate surface area is 190 Å². The van der Waals surface area contributed by atoms with Gasteiger partial charge in [-0.3, -0.25) is 9.59 Å². The first-order valence-corrected chi connectivity index (χ1v) is 10.3. The first-order chi connectivity index (χ1) is 15.8. The van der Waals surface area contributed by atoms with Gasteiger partial charge in [-0.2, -0.15) is 0 Å². The van der Waals surface area contributed by atoms with Crippen molar-refractivity contribution in [1.29, 1.82) is 0 Å². The second kappa shape index (κ2) is 10.6. The van der Waals surface area contributed by atoms with Gasteiger partial charge in [-0.1, -0.05) is 61.5 Å². The molecule has 0 aliphatic rings. The maximum atomic E-state index is 12.5. The van der Waals surface area contributed by atoms with Gasteiger partial charge in [-0.05, 0) is 23.6 Å². The number of aromatic nitrogens is 1. The Kier molecular flexibility index (Phi) is 7.57. The molecule has 2 aromatic carbocycles. The van der Waals surface area contributed by atoms with Gasteiger partial charge in [0.1, 0.15) is 11.7 Å². The van der Waals surface area contributed by atoms with E-state index < -0.39 is 29.9 Å². The minimum absolute atomic E-state index is 0.0529. The number of carbonyl (C=O) groups excluding carboxylic acids is 3. The molecular formula is C24H25N3O6. The summed E-state index contributed by atoms with van der Waals surface area (Å²) in [5.74, 6) is -1.92. The van der Waals surface area contributed by atoms with E-state index in [9.17, 15) is 19.5 Å². The molecule has 0 radical (unpaired) electrons. The largest absolute Gasteiger partial charge is 0.467 e. The van der Waals surface area contributed by atoms with Gasteiger partial charge in [0, 0.05) is 17.3 Å². The second-order valence-corrected chi connectivity index (χ2v) is 7.67. The third kappa shape index (κ3) is 5.83. The number of aliphatic hydroxyl groups excluding tert-OH is 1. The molecule has 3 N–H and O–H groups in total. The fourth-order valence-corrected chi connectivity index (χ4v) is 3.08. The Morgan fingerprint density at radius 2 is 1.70 bits per heavy atom. The summed E-state index contributed by atoms with van der Waals surface area (Å²) in [6, 6.07) is 15.9. The lowest BCUT2D eigenvalue weighted by molar-refractivity contribution is -0.144. The van der Waals surface area contributed by atoms with Gasteiger partial charge in [0.05, 0.1) is 7.11 Å². The number of amides is 2. The first kappa shape index (κ1) is 23.7. The molecule has 2 atom stereocenters. The molecule has 3 rings (SSSR count). The van der Waals surface area contributed by atoms with Crippen LogP contribution in [-0.4, -0.2) is 41.2 Å². The van der Waals surface area contributed by atoms with Crippen LogP contribution < -0.4 is 10.6 Å². The number of ether oxygens (including phenoxy) is 1. The maximum Gasteiger partial charge on any atom is 0.328 e. The van der Waals surface area contributed by atoms with Crippen molar-refractivity contribution in [2.24, 2.45) is 5.92 Å². The second-order valence-electron chi connectivity index (χ2n) is 7.67. The number of rotatable bonds is 8. The number of esters is 1. The summed E-state index contributed by atoms with van der Waals surface area (Å²) in [6.07, 6.45) is -1.29. The number of nitrogens with one attached hydrogen (secondary N) is 2. The van der Waals surface area contributed by atoms with Crippen molar-refractivity contribution in [2.75, 3.05) is 12.4 Å². The molecule has 3 aromatic rings. The lowest BCUT2D eigenvalue weighted by atomic mass is 10.0. The highest BCUT2D eigenvalue weighted by atomic mass is 16.5. The van der Waals surface area contributed by atoms with Gasteiger partial charge < -0.3 is 25.0 Å². The van der Waals surface area contributed by atoms with E-state index in [1.165, 1.54) is 13.2 Å². The van der Waals surface area contributed by atoms with E-state index in [0.29, 0.717) is 22.5 Å². The van der Waals surface area contributed by atoms with Crippen LogP contribution >= 0.6 is 0 Å². The van der Waals surface area contributed by atoms with Crippen molar-refractivity contribution in [3.05, 3.63) is 72.0 Å². The molecule has 2 amide bonds. The Morgan fingerprint density at radius 1 is 1.03 bits per heavy atom. The Bertz CT molecular complexity index is 1110. The highest BCUT2D eigenvalue weighted by Gasteiger charge is 2.27. The van der Waals surface area contributed by atoms with Crippen LogP contribution in [0, 0.1) is 5.92 Å². The zero-order valence-electron chi connectivity index (χ0n) is 18.4. The van der Waals surface area contributed by atoms with E-state index in [0.717, 1.165) is 0 Å². The number of aliphatic hydroxyl groups is 1. The van der Waals surface area contributed by atoms with E-state index in [4.69, 9.17) is 9.26 Å². The van der Waals surface area contributed by atoms with E-state index >= 15 is 0 Å². The standard InChI is InChI=1S/C24H25N3O6/c1-14(2)20(24(31)32-3)26-22(29)19-13-18(27-33-19)15-9-11-17(12-10-15)25-23(30)21(28)16-7-5-4-6-8-16/h4-14,20-21,28H,1-3H3,(H,25,30)(H,26,29)/t20?,21-/m1/s1. The van der Waals surface area contributed by atoms with Gasteiger partial charge in [0.15, 0.2) is 6.10 Å². The van der Waals surface area contributed by atoms with Crippen LogP contribution in [-0.2, 0) is 14.3 Å². The third-order valence-corrected chi connectivity index (χ3v) is 4.95. The summed E-state index contributed by atoms with van der Waals surface area (Å²) in [5, 5.41) is 19.3. The van der Waals surface area contributed by atoms with Crippen LogP contribution in [0.1, 0.15) is 36.1 Å². The molecule has 0 aliphatic carbocycles. The average Bonchev–Trinajstić information content (AvgIpc) is 3.32. The van der Waals surface area contributed by atoms with E-state index in [-0.39, 0.29) is 11.7 Å². The number of carbonyl (C=O) groups is 3. The highest BCUT2D eigenvalue weighted by molar-refractivity contribution is 5.96. The lowest BCUT2D eigenvalue weighted by Crippen LogP contribution is -2.44. The topological polar surface area (TPSA) is 131 Å². The number of hydrogen-bond acceptors (Lipinski definition) is 7. The molecule has 0 saturated carbocycles. The molecule has 172 valence electrons. The van der Waals surface area contributed by atoms with Crippen molar-refractivity contribution < 1.29 is 28.8 Å². The predicted octanol–water partition coefficient (Wildman–Crippen LogP) is 2.94. The van der Waals surface area contributed by atoms with Crippen molar-refractivity contribution >= 4 is 23.5 Å². The van der Waals surface area contributed by atoms with Gasteiger partial charge in [0.2, 0.25) is 5.76 Å². The number of hydrogen-bond donors (Lipinski definition) is 3. The van der Waals surface area contributed by atoms with Gasteiger partial charge in [-0.15, -0.1) is 0 Å². The lowest BCUT2D eigenvalue weighted by Gasteiger charge is -2.18. The molecule has 33 heavy (non-hydrogen) atoms. The maximum absolute atomic E-state index is 12.5. The van der Waals surface area contributed by atoms with E-state index in [2.05, 4.69) is 15.8 Å². The molecular weight excluding hydrogens is 426 g/mol. The molecule has 0 bridgehead atoms. The normalized spacial score (nSPS) is 12.6. The van der Waals surface area contributed by atoms with Gasteiger partial charge >= 0.3 is 5.97 Å². The molecule has 9 nitrogen and oxygen atoms in total. The number of anilines is 1. The van der Waals surface area contributed by atoms with Crippen LogP contribution in [0.2, 0.25) is 0 Å². The quantitative estimate of drug-likeness (QED) is 0.449.